The van der Waals surface area contributed by atoms with Crippen LogP contribution in [-0.2, 0) is 0 Å². The number of amides is 1. The highest BCUT2D eigenvalue weighted by atomic mass is 16.1. The third-order valence-corrected chi connectivity index (χ3v) is 2.87. The van der Waals surface area contributed by atoms with Crippen LogP contribution in [0.2, 0.25) is 0 Å². The number of aryl methyl sites for hydroxylation is 2. The van der Waals surface area contributed by atoms with Crippen LogP contribution in [0.5, 0.6) is 0 Å². The monoisotopic (exact) mass is 263 g/mol. The Hall–Kier alpha value is -1.42. The normalized spacial score (nSPS) is 13.2. The Morgan fingerprint density at radius 2 is 2.00 bits per heavy atom. The molecule has 3 N–H and O–H groups in total. The number of carbonyl (C=O) groups excluding carboxylic acids is 1. The van der Waals surface area contributed by atoms with Gasteiger partial charge in [-0.15, -0.1) is 0 Å². The average Bonchev–Trinajstić information content (AvgIpc) is 2.23. The molecule has 0 bridgehead atoms. The van der Waals surface area contributed by atoms with E-state index >= 15 is 0 Å². The van der Waals surface area contributed by atoms with Gasteiger partial charge in [0.2, 0.25) is 0 Å². The first-order valence-corrected chi connectivity index (χ1v) is 6.67. The van der Waals surface area contributed by atoms with Gasteiger partial charge < -0.3 is 11.1 Å². The van der Waals surface area contributed by atoms with Gasteiger partial charge in [-0.3, -0.25) is 9.78 Å². The highest BCUT2D eigenvalue weighted by molar-refractivity contribution is 5.95. The largest absolute Gasteiger partial charge is 0.350 e. The first-order chi connectivity index (χ1) is 8.69. The van der Waals surface area contributed by atoms with E-state index < -0.39 is 0 Å². The molecule has 1 rings (SSSR count). The second-order valence-electron chi connectivity index (χ2n) is 6.32. The van der Waals surface area contributed by atoms with Crippen LogP contribution in [0, 0.1) is 19.3 Å². The molecule has 0 saturated carbocycles. The Morgan fingerprint density at radius 3 is 2.53 bits per heavy atom. The maximum absolute atomic E-state index is 12.0. The quantitative estimate of drug-likeness (QED) is 0.875. The van der Waals surface area contributed by atoms with Crippen LogP contribution in [0.3, 0.4) is 0 Å². The van der Waals surface area contributed by atoms with Gasteiger partial charge in [0.15, 0.2) is 0 Å². The number of nitrogens with zero attached hydrogens (tertiary/aromatic N) is 1. The molecule has 0 saturated heterocycles. The standard InChI is InChI=1S/C15H25N3O/c1-10-6-7-13(11(2)18-10)14(19)17-9-12(16)8-15(3,4)5/h6-7,12H,8-9,16H2,1-5H3,(H,17,19). The zero-order valence-corrected chi connectivity index (χ0v) is 12.6. The molecule has 0 aliphatic carbocycles. The van der Waals surface area contributed by atoms with E-state index in [2.05, 4.69) is 31.1 Å². The number of rotatable bonds is 4. The van der Waals surface area contributed by atoms with Crippen molar-refractivity contribution in [1.82, 2.24) is 10.3 Å². The fourth-order valence-electron chi connectivity index (χ4n) is 2.10. The topological polar surface area (TPSA) is 68.0 Å². The third-order valence-electron chi connectivity index (χ3n) is 2.87. The Labute approximate surface area is 115 Å². The Morgan fingerprint density at radius 1 is 1.37 bits per heavy atom. The summed E-state index contributed by atoms with van der Waals surface area (Å²) in [5.74, 6) is -0.102. The SMILES string of the molecule is Cc1ccc(C(=O)NCC(N)CC(C)(C)C)c(C)n1. The predicted octanol–water partition coefficient (Wildman–Crippen LogP) is 2.19. The van der Waals surface area contributed by atoms with Crippen molar-refractivity contribution in [2.45, 2.75) is 47.1 Å². The van der Waals surface area contributed by atoms with E-state index in [0.29, 0.717) is 12.1 Å². The molecule has 0 radical (unpaired) electrons. The summed E-state index contributed by atoms with van der Waals surface area (Å²) in [6, 6.07) is 3.63. The summed E-state index contributed by atoms with van der Waals surface area (Å²) in [6.45, 7) is 10.7. The van der Waals surface area contributed by atoms with Crippen LogP contribution in [-0.4, -0.2) is 23.5 Å². The van der Waals surface area contributed by atoms with E-state index in [-0.39, 0.29) is 17.4 Å². The van der Waals surface area contributed by atoms with Crippen molar-refractivity contribution in [2.75, 3.05) is 6.54 Å². The third kappa shape index (κ3) is 5.39. The maximum Gasteiger partial charge on any atom is 0.253 e. The number of nitrogens with one attached hydrogen (secondary N) is 1. The zero-order valence-electron chi connectivity index (χ0n) is 12.6. The average molecular weight is 263 g/mol. The number of pyridine rings is 1. The van der Waals surface area contributed by atoms with Crippen LogP contribution in [0.15, 0.2) is 12.1 Å². The molecular weight excluding hydrogens is 238 g/mol. The molecule has 4 heteroatoms. The van der Waals surface area contributed by atoms with Gasteiger partial charge in [0.05, 0.1) is 11.3 Å². The Bertz CT molecular complexity index is 449. The molecule has 19 heavy (non-hydrogen) atoms. The van der Waals surface area contributed by atoms with Gasteiger partial charge in [0, 0.05) is 18.3 Å². The second-order valence-corrected chi connectivity index (χ2v) is 6.32. The van der Waals surface area contributed by atoms with E-state index in [0.717, 1.165) is 17.8 Å². The van der Waals surface area contributed by atoms with Gasteiger partial charge in [-0.2, -0.15) is 0 Å². The summed E-state index contributed by atoms with van der Waals surface area (Å²) >= 11 is 0. The van der Waals surface area contributed by atoms with Gasteiger partial charge in [0.1, 0.15) is 0 Å². The van der Waals surface area contributed by atoms with Crippen LogP contribution in [0.25, 0.3) is 0 Å². The van der Waals surface area contributed by atoms with Crippen molar-refractivity contribution in [3.8, 4) is 0 Å². The summed E-state index contributed by atoms with van der Waals surface area (Å²) in [6.07, 6.45) is 0.873. The molecule has 4 nitrogen and oxygen atoms in total. The lowest BCUT2D eigenvalue weighted by molar-refractivity contribution is 0.0947. The molecule has 1 atom stereocenters. The van der Waals surface area contributed by atoms with E-state index in [1.54, 1.807) is 0 Å². The molecule has 1 heterocycles. The van der Waals surface area contributed by atoms with Gasteiger partial charge in [-0.05, 0) is 37.8 Å². The van der Waals surface area contributed by atoms with Gasteiger partial charge in [0.25, 0.3) is 5.91 Å². The van der Waals surface area contributed by atoms with Crippen molar-refractivity contribution in [2.24, 2.45) is 11.1 Å². The van der Waals surface area contributed by atoms with Crippen LogP contribution >= 0.6 is 0 Å². The van der Waals surface area contributed by atoms with Crippen LogP contribution in [0.1, 0.15) is 48.9 Å². The molecule has 106 valence electrons. The lowest BCUT2D eigenvalue weighted by Crippen LogP contribution is -2.39. The van der Waals surface area contributed by atoms with Crippen molar-refractivity contribution in [1.29, 1.82) is 0 Å². The summed E-state index contributed by atoms with van der Waals surface area (Å²) in [7, 11) is 0. The number of aromatic nitrogens is 1. The molecule has 1 amide bonds. The molecule has 0 spiro atoms. The first kappa shape index (κ1) is 15.6. The summed E-state index contributed by atoms with van der Waals surface area (Å²) in [4.78, 5) is 16.3. The molecule has 1 aromatic rings. The molecule has 0 fully saturated rings. The molecule has 0 aliphatic rings. The van der Waals surface area contributed by atoms with Gasteiger partial charge >= 0.3 is 0 Å². The van der Waals surface area contributed by atoms with Crippen LogP contribution in [0.4, 0.5) is 0 Å². The van der Waals surface area contributed by atoms with E-state index in [1.165, 1.54) is 0 Å². The lowest BCUT2D eigenvalue weighted by Gasteiger charge is -2.23. The van der Waals surface area contributed by atoms with Crippen molar-refractivity contribution >= 4 is 5.91 Å². The first-order valence-electron chi connectivity index (χ1n) is 6.67. The highest BCUT2D eigenvalue weighted by Crippen LogP contribution is 2.19. The number of hydrogen-bond acceptors (Lipinski definition) is 3. The van der Waals surface area contributed by atoms with Crippen LogP contribution < -0.4 is 11.1 Å². The van der Waals surface area contributed by atoms with E-state index in [4.69, 9.17) is 5.73 Å². The maximum atomic E-state index is 12.0. The predicted molar refractivity (Wildman–Crippen MR) is 78.1 cm³/mol. The minimum atomic E-state index is -0.102. The molecule has 1 aromatic heterocycles. The fourth-order valence-corrected chi connectivity index (χ4v) is 2.10. The van der Waals surface area contributed by atoms with Gasteiger partial charge in [-0.1, -0.05) is 20.8 Å². The molecule has 0 aromatic carbocycles. The molecular formula is C15H25N3O. The van der Waals surface area contributed by atoms with Crippen molar-refractivity contribution < 1.29 is 4.79 Å². The smallest absolute Gasteiger partial charge is 0.253 e. The van der Waals surface area contributed by atoms with E-state index in [1.807, 2.05) is 26.0 Å². The number of carbonyl (C=O) groups is 1. The van der Waals surface area contributed by atoms with Crippen molar-refractivity contribution in [3.05, 3.63) is 29.1 Å². The summed E-state index contributed by atoms with van der Waals surface area (Å²) in [5, 5.41) is 2.88. The summed E-state index contributed by atoms with van der Waals surface area (Å²) in [5.41, 5.74) is 8.48. The number of hydrogen-bond donors (Lipinski definition) is 2. The second kappa shape index (κ2) is 6.15. The Balaban J connectivity index is 2.56. The van der Waals surface area contributed by atoms with E-state index in [9.17, 15) is 4.79 Å². The van der Waals surface area contributed by atoms with Gasteiger partial charge in [-0.25, -0.2) is 0 Å². The minimum absolute atomic E-state index is 0.0253. The molecule has 0 aliphatic heterocycles. The van der Waals surface area contributed by atoms with Crippen molar-refractivity contribution in [3.63, 3.8) is 0 Å². The zero-order chi connectivity index (χ0) is 14.6. The fraction of sp³-hybridized carbons (Fsp3) is 0.600. The summed E-state index contributed by atoms with van der Waals surface area (Å²) < 4.78 is 0. The highest BCUT2D eigenvalue weighted by Gasteiger charge is 2.17. The Kier molecular flexibility index (Phi) is 5.06. The molecule has 1 unspecified atom stereocenters. The lowest BCUT2D eigenvalue weighted by atomic mass is 9.88. The minimum Gasteiger partial charge on any atom is -0.350 e. The number of nitrogens with two attached hydrogens (primary N) is 1.